The molecule has 0 saturated carbocycles. The number of carboxylic acids is 1. The average molecular weight is 192 g/mol. The van der Waals surface area contributed by atoms with Crippen molar-refractivity contribution in [1.82, 2.24) is 0 Å². The van der Waals surface area contributed by atoms with Crippen molar-refractivity contribution < 1.29 is 14.7 Å². The minimum absolute atomic E-state index is 0.100. The zero-order valence-electron chi connectivity index (χ0n) is 7.74. The molecule has 14 heavy (non-hydrogen) atoms. The molecule has 1 aromatic rings. The van der Waals surface area contributed by atoms with Gasteiger partial charge in [0.2, 0.25) is 0 Å². The smallest absolute Gasteiger partial charge is 0.159 e. The van der Waals surface area contributed by atoms with Gasteiger partial charge in [-0.15, -0.1) is 0 Å². The number of Topliss-reactive ketones (excluding diaryl/α,β-unsaturated/α-hetero) is 1. The van der Waals surface area contributed by atoms with Crippen LogP contribution >= 0.6 is 0 Å². The van der Waals surface area contributed by atoms with Gasteiger partial charge in [0, 0.05) is 23.6 Å². The fourth-order valence-electron chi connectivity index (χ4n) is 1.13. The SMILES string of the molecule is CC(=O)c1ccc(CC(=O)[O-])c(N)c1. The first-order chi connectivity index (χ1) is 6.50. The number of aliphatic carboxylic acids is 1. The topological polar surface area (TPSA) is 83.2 Å². The molecule has 0 aliphatic rings. The Bertz CT molecular complexity index is 385. The normalized spacial score (nSPS) is 9.79. The lowest BCUT2D eigenvalue weighted by Crippen LogP contribution is -2.24. The van der Waals surface area contributed by atoms with E-state index in [0.29, 0.717) is 16.8 Å². The van der Waals surface area contributed by atoms with Crippen molar-refractivity contribution >= 4 is 17.4 Å². The second kappa shape index (κ2) is 3.91. The molecule has 0 amide bonds. The standard InChI is InChI=1S/C10H11NO3/c1-6(12)7-2-3-8(5-10(13)14)9(11)4-7/h2-4H,5,11H2,1H3,(H,13,14)/p-1. The van der Waals surface area contributed by atoms with Gasteiger partial charge >= 0.3 is 0 Å². The molecular formula is C10H10NO3-. The van der Waals surface area contributed by atoms with E-state index in [1.54, 1.807) is 6.07 Å². The number of carbonyl (C=O) groups excluding carboxylic acids is 2. The molecule has 1 aromatic carbocycles. The molecule has 0 aromatic heterocycles. The minimum atomic E-state index is -1.19. The van der Waals surface area contributed by atoms with Crippen LogP contribution < -0.4 is 10.8 Å². The van der Waals surface area contributed by atoms with Crippen LogP contribution in [0.15, 0.2) is 18.2 Å². The number of carboxylic acid groups (broad SMARTS) is 1. The van der Waals surface area contributed by atoms with Gasteiger partial charge in [-0.2, -0.15) is 0 Å². The van der Waals surface area contributed by atoms with Gasteiger partial charge in [-0.3, -0.25) is 4.79 Å². The molecule has 0 spiro atoms. The number of anilines is 1. The lowest BCUT2D eigenvalue weighted by molar-refractivity contribution is -0.304. The summed E-state index contributed by atoms with van der Waals surface area (Å²) in [5.74, 6) is -1.29. The summed E-state index contributed by atoms with van der Waals surface area (Å²) in [5.41, 5.74) is 6.82. The molecule has 1 rings (SSSR count). The summed E-state index contributed by atoms with van der Waals surface area (Å²) in [7, 11) is 0. The number of hydrogen-bond donors (Lipinski definition) is 1. The third kappa shape index (κ3) is 2.32. The van der Waals surface area contributed by atoms with Gasteiger partial charge in [-0.05, 0) is 18.6 Å². The van der Waals surface area contributed by atoms with E-state index in [1.807, 2.05) is 0 Å². The van der Waals surface area contributed by atoms with Crippen molar-refractivity contribution in [2.45, 2.75) is 13.3 Å². The van der Waals surface area contributed by atoms with E-state index in [4.69, 9.17) is 5.73 Å². The van der Waals surface area contributed by atoms with E-state index < -0.39 is 5.97 Å². The summed E-state index contributed by atoms with van der Waals surface area (Å²) in [6.07, 6.45) is -0.232. The van der Waals surface area contributed by atoms with E-state index in [9.17, 15) is 14.7 Å². The van der Waals surface area contributed by atoms with Gasteiger partial charge in [0.15, 0.2) is 5.78 Å². The Labute approximate surface area is 81.3 Å². The highest BCUT2D eigenvalue weighted by atomic mass is 16.4. The highest BCUT2D eigenvalue weighted by Crippen LogP contribution is 2.15. The molecule has 74 valence electrons. The van der Waals surface area contributed by atoms with Gasteiger partial charge in [0.05, 0.1) is 0 Å². The van der Waals surface area contributed by atoms with Crippen molar-refractivity contribution in [3.63, 3.8) is 0 Å². The van der Waals surface area contributed by atoms with Gasteiger partial charge < -0.3 is 15.6 Å². The zero-order chi connectivity index (χ0) is 10.7. The predicted octanol–water partition coefficient (Wildman–Crippen LogP) is -0.236. The summed E-state index contributed by atoms with van der Waals surface area (Å²) in [4.78, 5) is 21.3. The molecule has 0 aliphatic carbocycles. The molecule has 0 saturated heterocycles. The third-order valence-electron chi connectivity index (χ3n) is 1.89. The van der Waals surface area contributed by atoms with Crippen molar-refractivity contribution in [2.75, 3.05) is 5.73 Å². The number of carbonyl (C=O) groups is 2. The monoisotopic (exact) mass is 192 g/mol. The lowest BCUT2D eigenvalue weighted by atomic mass is 10.0. The first-order valence-electron chi connectivity index (χ1n) is 4.10. The Morgan fingerprint density at radius 2 is 2.07 bits per heavy atom. The summed E-state index contributed by atoms with van der Waals surface area (Å²) in [5, 5.41) is 10.3. The van der Waals surface area contributed by atoms with E-state index in [0.717, 1.165) is 0 Å². The molecule has 4 heteroatoms. The van der Waals surface area contributed by atoms with Crippen LogP contribution in [0.5, 0.6) is 0 Å². The Kier molecular flexibility index (Phi) is 2.86. The van der Waals surface area contributed by atoms with Crippen LogP contribution in [0.3, 0.4) is 0 Å². The van der Waals surface area contributed by atoms with Crippen LogP contribution in [-0.2, 0) is 11.2 Å². The third-order valence-corrected chi connectivity index (χ3v) is 1.89. The van der Waals surface area contributed by atoms with Crippen LogP contribution in [0.1, 0.15) is 22.8 Å². The fraction of sp³-hybridized carbons (Fsp3) is 0.200. The van der Waals surface area contributed by atoms with Gasteiger partial charge in [0.1, 0.15) is 0 Å². The van der Waals surface area contributed by atoms with E-state index in [1.165, 1.54) is 19.1 Å². The van der Waals surface area contributed by atoms with Crippen molar-refractivity contribution in [1.29, 1.82) is 0 Å². The molecular weight excluding hydrogens is 182 g/mol. The van der Waals surface area contributed by atoms with E-state index in [-0.39, 0.29) is 12.2 Å². The minimum Gasteiger partial charge on any atom is -0.550 e. The highest BCUT2D eigenvalue weighted by molar-refractivity contribution is 5.95. The Balaban J connectivity index is 3.01. The number of nitrogens with two attached hydrogens (primary N) is 1. The average Bonchev–Trinajstić information content (AvgIpc) is 2.07. The first kappa shape index (κ1) is 10.2. The first-order valence-corrected chi connectivity index (χ1v) is 4.10. The van der Waals surface area contributed by atoms with Crippen molar-refractivity contribution in [3.8, 4) is 0 Å². The number of benzene rings is 1. The number of ketones is 1. The van der Waals surface area contributed by atoms with Crippen LogP contribution in [0, 0.1) is 0 Å². The molecule has 0 unspecified atom stereocenters. The Morgan fingerprint density at radius 1 is 1.43 bits per heavy atom. The van der Waals surface area contributed by atoms with Gasteiger partial charge in [0.25, 0.3) is 0 Å². The molecule has 0 atom stereocenters. The quantitative estimate of drug-likeness (QED) is 0.529. The maximum Gasteiger partial charge on any atom is 0.159 e. The van der Waals surface area contributed by atoms with Crippen LogP contribution in [0.2, 0.25) is 0 Å². The maximum atomic E-state index is 10.9. The van der Waals surface area contributed by atoms with Crippen LogP contribution in [0.4, 0.5) is 5.69 Å². The highest BCUT2D eigenvalue weighted by Gasteiger charge is 2.03. The molecule has 0 heterocycles. The molecule has 0 fully saturated rings. The van der Waals surface area contributed by atoms with Crippen LogP contribution in [-0.4, -0.2) is 11.8 Å². The van der Waals surface area contributed by atoms with Gasteiger partial charge in [-0.1, -0.05) is 12.1 Å². The molecule has 0 aliphatic heterocycles. The Hall–Kier alpha value is -1.84. The zero-order valence-corrected chi connectivity index (χ0v) is 7.74. The van der Waals surface area contributed by atoms with Crippen LogP contribution in [0.25, 0.3) is 0 Å². The summed E-state index contributed by atoms with van der Waals surface area (Å²) >= 11 is 0. The number of rotatable bonds is 3. The van der Waals surface area contributed by atoms with Crippen molar-refractivity contribution in [2.24, 2.45) is 0 Å². The van der Waals surface area contributed by atoms with Gasteiger partial charge in [-0.25, -0.2) is 0 Å². The van der Waals surface area contributed by atoms with E-state index in [2.05, 4.69) is 0 Å². The second-order valence-electron chi connectivity index (χ2n) is 3.02. The summed E-state index contributed by atoms with van der Waals surface area (Å²) in [6.45, 7) is 1.42. The van der Waals surface area contributed by atoms with E-state index >= 15 is 0 Å². The number of nitrogen functional groups attached to an aromatic ring is 1. The molecule has 4 nitrogen and oxygen atoms in total. The fourth-order valence-corrected chi connectivity index (χ4v) is 1.13. The lowest BCUT2D eigenvalue weighted by Gasteiger charge is -2.07. The maximum absolute atomic E-state index is 10.9. The molecule has 0 bridgehead atoms. The summed E-state index contributed by atoms with van der Waals surface area (Å²) < 4.78 is 0. The predicted molar refractivity (Wildman–Crippen MR) is 49.6 cm³/mol. The Morgan fingerprint density at radius 3 is 2.50 bits per heavy atom. The molecule has 2 N–H and O–H groups in total. The second-order valence-corrected chi connectivity index (χ2v) is 3.02. The largest absolute Gasteiger partial charge is 0.550 e. The molecule has 0 radical (unpaired) electrons. The number of hydrogen-bond acceptors (Lipinski definition) is 4. The summed E-state index contributed by atoms with van der Waals surface area (Å²) in [6, 6.07) is 4.56. The van der Waals surface area contributed by atoms with Crippen molar-refractivity contribution in [3.05, 3.63) is 29.3 Å².